The van der Waals surface area contributed by atoms with Crippen LogP contribution < -0.4 is 10.6 Å². The van der Waals surface area contributed by atoms with Gasteiger partial charge in [0.2, 0.25) is 17.7 Å². The topological polar surface area (TPSA) is 113 Å². The summed E-state index contributed by atoms with van der Waals surface area (Å²) in [6, 6.07) is 6.71. The van der Waals surface area contributed by atoms with Crippen molar-refractivity contribution in [3.8, 4) is 0 Å². The quantitative estimate of drug-likeness (QED) is 0.556. The molecular weight excluding hydrogens is 324 g/mol. The van der Waals surface area contributed by atoms with Gasteiger partial charge in [0, 0.05) is 12.1 Å². The molecule has 1 aromatic rings. The second-order valence-corrected chi connectivity index (χ2v) is 6.77. The van der Waals surface area contributed by atoms with E-state index in [1.807, 2.05) is 6.92 Å². The van der Waals surface area contributed by atoms with Crippen LogP contribution in [0.3, 0.4) is 0 Å². The second-order valence-electron chi connectivity index (χ2n) is 6.77. The second kappa shape index (κ2) is 6.66. The van der Waals surface area contributed by atoms with Gasteiger partial charge >= 0.3 is 5.97 Å². The molecule has 7 nitrogen and oxygen atoms in total. The number of carboxylic acids is 1. The fourth-order valence-electron chi connectivity index (χ4n) is 2.82. The van der Waals surface area contributed by atoms with Gasteiger partial charge < -0.3 is 10.4 Å². The maximum Gasteiger partial charge on any atom is 0.318 e. The van der Waals surface area contributed by atoms with E-state index in [9.17, 15) is 19.2 Å². The molecule has 1 aliphatic heterocycles. The van der Waals surface area contributed by atoms with Gasteiger partial charge in [-0.25, -0.2) is 0 Å². The predicted octanol–water partition coefficient (Wildman–Crippen LogP) is 1.82. The fourth-order valence-corrected chi connectivity index (χ4v) is 2.82. The Bertz CT molecular complexity index is 723. The first kappa shape index (κ1) is 18.6. The Hall–Kier alpha value is -2.70. The van der Waals surface area contributed by atoms with E-state index in [0.717, 1.165) is 5.56 Å². The highest BCUT2D eigenvalue weighted by atomic mass is 16.4. The first-order valence-electron chi connectivity index (χ1n) is 8.13. The highest BCUT2D eigenvalue weighted by molar-refractivity contribution is 6.07. The van der Waals surface area contributed by atoms with Crippen molar-refractivity contribution in [2.75, 3.05) is 5.32 Å². The number of carboxylic acid groups (broad SMARTS) is 1. The number of carbonyl (C=O) groups excluding carboxylic acids is 3. The average Bonchev–Trinajstić information content (AvgIpc) is 2.56. The van der Waals surface area contributed by atoms with Crippen molar-refractivity contribution in [2.24, 2.45) is 5.41 Å². The van der Waals surface area contributed by atoms with Crippen molar-refractivity contribution in [3.63, 3.8) is 0 Å². The summed E-state index contributed by atoms with van der Waals surface area (Å²) in [6.45, 7) is 4.55. The molecule has 134 valence electrons. The lowest BCUT2D eigenvalue weighted by atomic mass is 9.72. The zero-order valence-electron chi connectivity index (χ0n) is 14.5. The molecular formula is C18H22N2O5. The maximum absolute atomic E-state index is 12.4. The molecule has 25 heavy (non-hydrogen) atoms. The van der Waals surface area contributed by atoms with Crippen LogP contribution in [0.25, 0.3) is 0 Å². The van der Waals surface area contributed by atoms with Crippen LogP contribution in [-0.4, -0.2) is 28.8 Å². The number of nitrogens with one attached hydrogen (secondary N) is 2. The van der Waals surface area contributed by atoms with Crippen molar-refractivity contribution in [2.45, 2.75) is 45.4 Å². The number of anilines is 1. The molecule has 0 saturated carbocycles. The van der Waals surface area contributed by atoms with E-state index < -0.39 is 22.7 Å². The Balaban J connectivity index is 2.22. The number of imide groups is 1. The van der Waals surface area contributed by atoms with Crippen LogP contribution >= 0.6 is 0 Å². The predicted molar refractivity (Wildman–Crippen MR) is 90.8 cm³/mol. The van der Waals surface area contributed by atoms with Crippen LogP contribution in [0.2, 0.25) is 0 Å². The van der Waals surface area contributed by atoms with E-state index in [0.29, 0.717) is 18.5 Å². The van der Waals surface area contributed by atoms with Crippen LogP contribution in [0.15, 0.2) is 24.3 Å². The van der Waals surface area contributed by atoms with Crippen LogP contribution in [0.5, 0.6) is 0 Å². The normalized spacial score (nSPS) is 20.8. The molecule has 3 N–H and O–H groups in total. The molecule has 1 fully saturated rings. The molecule has 7 heteroatoms. The van der Waals surface area contributed by atoms with Gasteiger partial charge in [0.15, 0.2) is 0 Å². The molecule has 0 spiro atoms. The summed E-state index contributed by atoms with van der Waals surface area (Å²) in [5, 5.41) is 14.0. The highest BCUT2D eigenvalue weighted by Gasteiger charge is 2.42. The molecule has 2 rings (SSSR count). The van der Waals surface area contributed by atoms with Gasteiger partial charge in [0.1, 0.15) is 5.41 Å². The largest absolute Gasteiger partial charge is 0.480 e. The Labute approximate surface area is 145 Å². The summed E-state index contributed by atoms with van der Waals surface area (Å²) in [5.74, 6) is -2.42. The number of carbonyl (C=O) groups is 4. The number of hydrogen-bond acceptors (Lipinski definition) is 4. The molecule has 0 bridgehead atoms. The first-order chi connectivity index (χ1) is 11.6. The van der Waals surface area contributed by atoms with Crippen LogP contribution in [0.4, 0.5) is 5.69 Å². The smallest absolute Gasteiger partial charge is 0.318 e. The molecule has 1 saturated heterocycles. The third-order valence-electron chi connectivity index (χ3n) is 4.87. The van der Waals surface area contributed by atoms with Crippen molar-refractivity contribution in [1.29, 1.82) is 0 Å². The summed E-state index contributed by atoms with van der Waals surface area (Å²) in [6.07, 6.45) is 1.26. The molecule has 1 heterocycles. The highest BCUT2D eigenvalue weighted by Crippen LogP contribution is 2.36. The summed E-state index contributed by atoms with van der Waals surface area (Å²) in [5.41, 5.74) is -1.11. The minimum Gasteiger partial charge on any atom is -0.480 e. The van der Waals surface area contributed by atoms with E-state index in [4.69, 9.17) is 5.11 Å². The van der Waals surface area contributed by atoms with Crippen molar-refractivity contribution in [1.82, 2.24) is 5.32 Å². The monoisotopic (exact) mass is 346 g/mol. The first-order valence-corrected chi connectivity index (χ1v) is 8.13. The SMILES string of the molecule is CCC1(c2ccc(NC(=O)C(C)(C)C(=O)O)cc2)CCC(=O)NC1=O. The minimum absolute atomic E-state index is 0.270. The summed E-state index contributed by atoms with van der Waals surface area (Å²) < 4.78 is 0. The lowest BCUT2D eigenvalue weighted by molar-refractivity contribution is -0.151. The summed E-state index contributed by atoms with van der Waals surface area (Å²) in [4.78, 5) is 47.0. The third-order valence-corrected chi connectivity index (χ3v) is 4.87. The molecule has 1 unspecified atom stereocenters. The number of hydrogen-bond donors (Lipinski definition) is 3. The molecule has 1 atom stereocenters. The lowest BCUT2D eigenvalue weighted by Crippen LogP contribution is -2.51. The van der Waals surface area contributed by atoms with E-state index >= 15 is 0 Å². The molecule has 1 aliphatic rings. The van der Waals surface area contributed by atoms with E-state index in [-0.39, 0.29) is 18.2 Å². The summed E-state index contributed by atoms with van der Waals surface area (Å²) in [7, 11) is 0. The number of benzene rings is 1. The number of piperidine rings is 1. The van der Waals surface area contributed by atoms with Gasteiger partial charge in [-0.2, -0.15) is 0 Å². The molecule has 0 radical (unpaired) electrons. The number of amides is 3. The van der Waals surface area contributed by atoms with Crippen LogP contribution in [0, 0.1) is 5.41 Å². The van der Waals surface area contributed by atoms with Gasteiger partial charge in [-0.3, -0.25) is 24.5 Å². The van der Waals surface area contributed by atoms with Gasteiger partial charge in [0.25, 0.3) is 0 Å². The van der Waals surface area contributed by atoms with Crippen LogP contribution in [-0.2, 0) is 24.6 Å². The van der Waals surface area contributed by atoms with E-state index in [2.05, 4.69) is 10.6 Å². The average molecular weight is 346 g/mol. The molecule has 0 aliphatic carbocycles. The third kappa shape index (κ3) is 3.40. The van der Waals surface area contributed by atoms with Crippen molar-refractivity contribution < 1.29 is 24.3 Å². The number of rotatable bonds is 5. The zero-order valence-corrected chi connectivity index (χ0v) is 14.5. The standard InChI is InChI=1S/C18H22N2O5/c1-4-18(10-9-13(21)20-15(18)23)11-5-7-12(8-6-11)19-14(22)17(2,3)16(24)25/h5-8H,4,9-10H2,1-3H3,(H,19,22)(H,24,25)(H,20,21,23). The van der Waals surface area contributed by atoms with Crippen molar-refractivity contribution >= 4 is 29.4 Å². The van der Waals surface area contributed by atoms with Crippen LogP contribution in [0.1, 0.15) is 45.6 Å². The Morgan fingerprint density at radius 2 is 1.84 bits per heavy atom. The zero-order chi connectivity index (χ0) is 18.8. The van der Waals surface area contributed by atoms with Gasteiger partial charge in [0.05, 0.1) is 5.41 Å². The van der Waals surface area contributed by atoms with Gasteiger partial charge in [-0.15, -0.1) is 0 Å². The lowest BCUT2D eigenvalue weighted by Gasteiger charge is -2.35. The maximum atomic E-state index is 12.4. The van der Waals surface area contributed by atoms with Crippen molar-refractivity contribution in [3.05, 3.63) is 29.8 Å². The Morgan fingerprint density at radius 1 is 1.24 bits per heavy atom. The van der Waals surface area contributed by atoms with Gasteiger partial charge in [-0.1, -0.05) is 19.1 Å². The molecule has 1 aromatic carbocycles. The number of aliphatic carboxylic acids is 1. The van der Waals surface area contributed by atoms with E-state index in [1.165, 1.54) is 13.8 Å². The summed E-state index contributed by atoms with van der Waals surface area (Å²) >= 11 is 0. The Kier molecular flexibility index (Phi) is 4.97. The van der Waals surface area contributed by atoms with E-state index in [1.54, 1.807) is 24.3 Å². The fraction of sp³-hybridized carbons (Fsp3) is 0.444. The van der Waals surface area contributed by atoms with Gasteiger partial charge in [-0.05, 0) is 44.4 Å². The minimum atomic E-state index is -1.55. The molecule has 3 amide bonds. The molecule has 0 aromatic heterocycles. The Morgan fingerprint density at radius 3 is 2.32 bits per heavy atom.